The first kappa shape index (κ1) is 15.2. The van der Waals surface area contributed by atoms with Crippen LogP contribution >= 0.6 is 0 Å². The Hall–Kier alpha value is -1.19. The lowest BCUT2D eigenvalue weighted by Gasteiger charge is -2.38. The van der Waals surface area contributed by atoms with Crippen LogP contribution in [0, 0.1) is 0 Å². The third-order valence-electron chi connectivity index (χ3n) is 3.78. The van der Waals surface area contributed by atoms with Gasteiger partial charge in [-0.1, -0.05) is 0 Å². The number of rotatable bonds is 3. The van der Waals surface area contributed by atoms with Gasteiger partial charge in [-0.3, -0.25) is 9.59 Å². The van der Waals surface area contributed by atoms with E-state index in [1.54, 1.807) is 7.05 Å². The van der Waals surface area contributed by atoms with Gasteiger partial charge in [0.1, 0.15) is 6.04 Å². The second kappa shape index (κ2) is 5.66. The Morgan fingerprint density at radius 2 is 1.95 bits per heavy atom. The fourth-order valence-electron chi connectivity index (χ4n) is 2.51. The van der Waals surface area contributed by atoms with Crippen LogP contribution in [0.4, 0.5) is 0 Å². The van der Waals surface area contributed by atoms with E-state index in [0.717, 1.165) is 8.61 Å². The summed E-state index contributed by atoms with van der Waals surface area (Å²) in [7, 11) is -2.28. The van der Waals surface area contributed by atoms with Crippen LogP contribution in [0.3, 0.4) is 0 Å². The number of piperidine rings is 1. The van der Waals surface area contributed by atoms with Crippen molar-refractivity contribution in [3.8, 4) is 0 Å². The number of carbonyl (C=O) groups is 2. The van der Waals surface area contributed by atoms with Gasteiger partial charge in [-0.2, -0.15) is 17.0 Å². The molecule has 8 nitrogen and oxygen atoms in total. The van der Waals surface area contributed by atoms with Crippen molar-refractivity contribution in [3.05, 3.63) is 0 Å². The molecule has 2 heterocycles. The predicted molar refractivity (Wildman–Crippen MR) is 70.1 cm³/mol. The highest BCUT2D eigenvalue weighted by atomic mass is 32.2. The average Bonchev–Trinajstić information content (AvgIpc) is 2.41. The highest BCUT2D eigenvalue weighted by molar-refractivity contribution is 7.86. The average molecular weight is 305 g/mol. The molecule has 1 unspecified atom stereocenters. The minimum absolute atomic E-state index is 0.194. The third-order valence-corrected chi connectivity index (χ3v) is 5.78. The maximum Gasteiger partial charge on any atom is 0.322 e. The zero-order valence-electron chi connectivity index (χ0n) is 11.4. The summed E-state index contributed by atoms with van der Waals surface area (Å²) in [5.41, 5.74) is 0. The van der Waals surface area contributed by atoms with E-state index >= 15 is 0 Å². The summed E-state index contributed by atoms with van der Waals surface area (Å²) >= 11 is 0. The van der Waals surface area contributed by atoms with Crippen LogP contribution in [0.5, 0.6) is 0 Å². The lowest BCUT2D eigenvalue weighted by atomic mass is 10.1. The van der Waals surface area contributed by atoms with Gasteiger partial charge in [-0.15, -0.1) is 0 Å². The molecule has 0 saturated carbocycles. The number of aliphatic carboxylic acids is 1. The Morgan fingerprint density at radius 3 is 2.55 bits per heavy atom. The lowest BCUT2D eigenvalue weighted by Crippen LogP contribution is -2.58. The molecule has 20 heavy (non-hydrogen) atoms. The Balaban J connectivity index is 2.20. The molecule has 1 amide bonds. The van der Waals surface area contributed by atoms with E-state index in [4.69, 9.17) is 5.11 Å². The van der Waals surface area contributed by atoms with Crippen LogP contribution in [-0.4, -0.2) is 78.2 Å². The van der Waals surface area contributed by atoms with Gasteiger partial charge < -0.3 is 10.0 Å². The maximum absolute atomic E-state index is 12.5. The molecule has 0 radical (unpaired) electrons. The van der Waals surface area contributed by atoms with Crippen LogP contribution in [0.1, 0.15) is 19.3 Å². The van der Waals surface area contributed by atoms with E-state index in [2.05, 4.69) is 0 Å². The quantitative estimate of drug-likeness (QED) is 0.717. The number of hydrogen-bond donors (Lipinski definition) is 1. The van der Waals surface area contributed by atoms with Crippen molar-refractivity contribution in [2.45, 2.75) is 25.3 Å². The first-order valence-electron chi connectivity index (χ1n) is 6.57. The molecule has 0 aromatic rings. The standard InChI is InChI=1S/C11H19N3O5S/c1-12-6-7-13(8-10(12)15)20(18,19)14-5-3-2-4-9(14)11(16)17/h9H,2-8H2,1H3,(H,16,17). The number of carboxylic acid groups (broad SMARTS) is 1. The van der Waals surface area contributed by atoms with Gasteiger partial charge in [0, 0.05) is 26.7 Å². The van der Waals surface area contributed by atoms with Crippen molar-refractivity contribution >= 4 is 22.1 Å². The first-order valence-corrected chi connectivity index (χ1v) is 7.97. The van der Waals surface area contributed by atoms with E-state index in [-0.39, 0.29) is 25.5 Å². The molecule has 1 atom stereocenters. The fraction of sp³-hybridized carbons (Fsp3) is 0.818. The summed E-state index contributed by atoms with van der Waals surface area (Å²) in [6.07, 6.45) is 1.66. The Bertz CT molecular complexity index is 506. The zero-order chi connectivity index (χ0) is 14.9. The van der Waals surface area contributed by atoms with Crippen molar-refractivity contribution in [1.82, 2.24) is 13.5 Å². The van der Waals surface area contributed by atoms with Crippen molar-refractivity contribution < 1.29 is 23.1 Å². The summed E-state index contributed by atoms with van der Waals surface area (Å²) in [5, 5.41) is 9.16. The Labute approximate surface area is 118 Å². The second-order valence-corrected chi connectivity index (χ2v) is 7.00. The van der Waals surface area contributed by atoms with Crippen molar-refractivity contribution in [2.24, 2.45) is 0 Å². The third kappa shape index (κ3) is 2.79. The van der Waals surface area contributed by atoms with Crippen LogP contribution in [-0.2, 0) is 19.8 Å². The SMILES string of the molecule is CN1CCN(S(=O)(=O)N2CCCCC2C(=O)O)CC1=O. The van der Waals surface area contributed by atoms with Crippen molar-refractivity contribution in [3.63, 3.8) is 0 Å². The number of amides is 1. The van der Waals surface area contributed by atoms with Gasteiger partial charge in [-0.05, 0) is 19.3 Å². The summed E-state index contributed by atoms with van der Waals surface area (Å²) in [5.74, 6) is -1.41. The largest absolute Gasteiger partial charge is 0.480 e. The lowest BCUT2D eigenvalue weighted by molar-refractivity contribution is -0.142. The van der Waals surface area contributed by atoms with Crippen LogP contribution in [0.25, 0.3) is 0 Å². The van der Waals surface area contributed by atoms with E-state index in [1.807, 2.05) is 0 Å². The van der Waals surface area contributed by atoms with E-state index < -0.39 is 22.2 Å². The molecule has 0 spiro atoms. The fourth-order valence-corrected chi connectivity index (χ4v) is 4.27. The number of carboxylic acids is 1. The topological polar surface area (TPSA) is 98.2 Å². The van der Waals surface area contributed by atoms with Gasteiger partial charge >= 0.3 is 5.97 Å². The normalized spacial score (nSPS) is 26.8. The zero-order valence-corrected chi connectivity index (χ0v) is 12.2. The molecule has 2 rings (SSSR count). The summed E-state index contributed by atoms with van der Waals surface area (Å²) < 4.78 is 27.2. The summed E-state index contributed by atoms with van der Waals surface area (Å²) in [4.78, 5) is 24.3. The number of hydrogen-bond acceptors (Lipinski definition) is 4. The van der Waals surface area contributed by atoms with E-state index in [9.17, 15) is 18.0 Å². The predicted octanol–water partition coefficient (Wildman–Crippen LogP) is -1.06. The van der Waals surface area contributed by atoms with E-state index in [0.29, 0.717) is 25.8 Å². The van der Waals surface area contributed by atoms with Gasteiger partial charge in [-0.25, -0.2) is 0 Å². The van der Waals surface area contributed by atoms with Gasteiger partial charge in [0.05, 0.1) is 6.54 Å². The molecule has 0 aromatic carbocycles. The van der Waals surface area contributed by atoms with E-state index in [1.165, 1.54) is 4.90 Å². The monoisotopic (exact) mass is 305 g/mol. The molecule has 2 fully saturated rings. The van der Waals surface area contributed by atoms with Crippen molar-refractivity contribution in [1.29, 1.82) is 0 Å². The summed E-state index contributed by atoms with van der Waals surface area (Å²) in [6.45, 7) is 0.499. The molecule has 2 saturated heterocycles. The Morgan fingerprint density at radius 1 is 1.25 bits per heavy atom. The molecule has 2 aliphatic heterocycles. The molecule has 0 aliphatic carbocycles. The minimum atomic E-state index is -3.90. The minimum Gasteiger partial charge on any atom is -0.480 e. The van der Waals surface area contributed by atoms with Crippen molar-refractivity contribution in [2.75, 3.05) is 33.2 Å². The number of piperazine rings is 1. The molecule has 9 heteroatoms. The molecule has 1 N–H and O–H groups in total. The number of nitrogens with zero attached hydrogens (tertiary/aromatic N) is 3. The molecular weight excluding hydrogens is 286 g/mol. The molecule has 0 aromatic heterocycles. The highest BCUT2D eigenvalue weighted by Gasteiger charge is 2.41. The smallest absolute Gasteiger partial charge is 0.322 e. The highest BCUT2D eigenvalue weighted by Crippen LogP contribution is 2.23. The summed E-state index contributed by atoms with van der Waals surface area (Å²) in [6, 6.07) is -1.02. The maximum atomic E-state index is 12.5. The van der Waals surface area contributed by atoms with Gasteiger partial charge in [0.25, 0.3) is 10.2 Å². The van der Waals surface area contributed by atoms with Gasteiger partial charge in [0.15, 0.2) is 0 Å². The second-order valence-electron chi connectivity index (χ2n) is 5.12. The van der Waals surface area contributed by atoms with Crippen LogP contribution < -0.4 is 0 Å². The number of likely N-dealkylation sites (N-methyl/N-ethyl adjacent to an activating group) is 1. The number of carbonyl (C=O) groups excluding carboxylic acids is 1. The molecular formula is C11H19N3O5S. The molecule has 2 aliphatic rings. The first-order chi connectivity index (χ1) is 9.34. The molecule has 0 bridgehead atoms. The van der Waals surface area contributed by atoms with Gasteiger partial charge in [0.2, 0.25) is 5.91 Å². The van der Waals surface area contributed by atoms with Crippen LogP contribution in [0.15, 0.2) is 0 Å². The van der Waals surface area contributed by atoms with Crippen LogP contribution in [0.2, 0.25) is 0 Å². The Kier molecular flexibility index (Phi) is 4.31. The molecule has 114 valence electrons.